The van der Waals surface area contributed by atoms with Crippen LogP contribution in [-0.2, 0) is 6.54 Å². The zero-order valence-electron chi connectivity index (χ0n) is 16.2. The normalized spacial score (nSPS) is 14.1. The van der Waals surface area contributed by atoms with Gasteiger partial charge >= 0.3 is 0 Å². The van der Waals surface area contributed by atoms with Crippen LogP contribution in [0.2, 0.25) is 0 Å². The van der Waals surface area contributed by atoms with E-state index >= 15 is 0 Å². The van der Waals surface area contributed by atoms with E-state index in [2.05, 4.69) is 39.8 Å². The van der Waals surface area contributed by atoms with Gasteiger partial charge in [0.25, 0.3) is 0 Å². The van der Waals surface area contributed by atoms with Crippen molar-refractivity contribution in [2.45, 2.75) is 45.8 Å². The van der Waals surface area contributed by atoms with Crippen molar-refractivity contribution in [2.75, 3.05) is 23.3 Å². The second kappa shape index (κ2) is 9.60. The summed E-state index contributed by atoms with van der Waals surface area (Å²) in [6, 6.07) is 16.6. The summed E-state index contributed by atoms with van der Waals surface area (Å²) in [6.45, 7) is 7.09. The molecule has 0 atom stereocenters. The summed E-state index contributed by atoms with van der Waals surface area (Å²) in [4.78, 5) is 2.47. The second-order valence-electron chi connectivity index (χ2n) is 7.21. The van der Waals surface area contributed by atoms with Crippen LogP contribution in [-0.4, -0.2) is 24.3 Å². The number of nitrogens with one attached hydrogen (secondary N) is 2. The molecule has 144 valence electrons. The van der Waals surface area contributed by atoms with E-state index in [1.54, 1.807) is 0 Å². The van der Waals surface area contributed by atoms with Gasteiger partial charge in [-0.2, -0.15) is 0 Å². The zero-order valence-corrected chi connectivity index (χ0v) is 17.0. The molecule has 0 bridgehead atoms. The SMILES string of the molecule is CC(C)Oc1ccc(NC(=S)NCc2ccc(N3CCCCC3)cc2)cc1. The Morgan fingerprint density at radius 3 is 2.30 bits per heavy atom. The lowest BCUT2D eigenvalue weighted by molar-refractivity contribution is 0.242. The van der Waals surface area contributed by atoms with E-state index in [0.717, 1.165) is 11.4 Å². The predicted molar refractivity (Wildman–Crippen MR) is 118 cm³/mol. The first-order valence-corrected chi connectivity index (χ1v) is 10.2. The minimum atomic E-state index is 0.174. The largest absolute Gasteiger partial charge is 0.491 e. The van der Waals surface area contributed by atoms with Gasteiger partial charge in [0.05, 0.1) is 6.10 Å². The molecular weight excluding hydrogens is 354 g/mol. The Hall–Kier alpha value is -2.27. The van der Waals surface area contributed by atoms with Crippen LogP contribution in [0.4, 0.5) is 11.4 Å². The molecule has 0 aromatic heterocycles. The maximum atomic E-state index is 5.65. The number of piperidine rings is 1. The third-order valence-corrected chi connectivity index (χ3v) is 4.84. The summed E-state index contributed by atoms with van der Waals surface area (Å²) in [6.07, 6.45) is 4.13. The molecule has 2 N–H and O–H groups in total. The molecule has 3 rings (SSSR count). The monoisotopic (exact) mass is 383 g/mol. The van der Waals surface area contributed by atoms with Crippen molar-refractivity contribution >= 4 is 28.7 Å². The lowest BCUT2D eigenvalue weighted by Gasteiger charge is -2.28. The fourth-order valence-electron chi connectivity index (χ4n) is 3.22. The van der Waals surface area contributed by atoms with E-state index in [0.29, 0.717) is 11.7 Å². The van der Waals surface area contributed by atoms with Crippen LogP contribution in [0, 0.1) is 0 Å². The quantitative estimate of drug-likeness (QED) is 0.690. The van der Waals surface area contributed by atoms with Crippen molar-refractivity contribution in [3.63, 3.8) is 0 Å². The molecule has 2 aromatic carbocycles. The molecule has 1 saturated heterocycles. The van der Waals surface area contributed by atoms with Gasteiger partial charge in [0, 0.05) is 31.0 Å². The zero-order chi connectivity index (χ0) is 19.1. The highest BCUT2D eigenvalue weighted by molar-refractivity contribution is 7.80. The molecule has 0 amide bonds. The van der Waals surface area contributed by atoms with E-state index in [9.17, 15) is 0 Å². The smallest absolute Gasteiger partial charge is 0.171 e. The number of benzene rings is 2. The number of hydrogen-bond donors (Lipinski definition) is 2. The average Bonchev–Trinajstić information content (AvgIpc) is 2.69. The minimum absolute atomic E-state index is 0.174. The molecule has 1 heterocycles. The standard InChI is InChI=1S/C22H29N3OS/c1-17(2)26-21-12-8-19(9-13-21)24-22(27)23-16-18-6-10-20(11-7-18)25-14-4-3-5-15-25/h6-13,17H,3-5,14-16H2,1-2H3,(H2,23,24,27). The molecular formula is C22H29N3OS. The fourth-order valence-corrected chi connectivity index (χ4v) is 3.41. The molecule has 0 aliphatic carbocycles. The highest BCUT2D eigenvalue weighted by atomic mass is 32.1. The number of ether oxygens (including phenoxy) is 1. The topological polar surface area (TPSA) is 36.5 Å². The second-order valence-corrected chi connectivity index (χ2v) is 7.62. The molecule has 1 aliphatic rings. The van der Waals surface area contributed by atoms with E-state index < -0.39 is 0 Å². The highest BCUT2D eigenvalue weighted by Gasteiger charge is 2.10. The number of nitrogens with zero attached hydrogens (tertiary/aromatic N) is 1. The Morgan fingerprint density at radius 2 is 1.67 bits per heavy atom. The van der Waals surface area contributed by atoms with Crippen molar-refractivity contribution in [1.29, 1.82) is 0 Å². The minimum Gasteiger partial charge on any atom is -0.491 e. The molecule has 0 spiro atoms. The Morgan fingerprint density at radius 1 is 1.00 bits per heavy atom. The average molecular weight is 384 g/mol. The van der Waals surface area contributed by atoms with Crippen LogP contribution < -0.4 is 20.3 Å². The van der Waals surface area contributed by atoms with E-state index in [1.165, 1.54) is 43.6 Å². The summed E-state index contributed by atoms with van der Waals surface area (Å²) in [7, 11) is 0. The Bertz CT molecular complexity index is 722. The number of anilines is 2. The van der Waals surface area contributed by atoms with Crippen molar-refractivity contribution < 1.29 is 4.74 Å². The van der Waals surface area contributed by atoms with Gasteiger partial charge in [-0.15, -0.1) is 0 Å². The van der Waals surface area contributed by atoms with Gasteiger partial charge in [-0.3, -0.25) is 0 Å². The third kappa shape index (κ3) is 6.14. The number of rotatable bonds is 6. The highest BCUT2D eigenvalue weighted by Crippen LogP contribution is 2.20. The first-order valence-electron chi connectivity index (χ1n) is 9.75. The molecule has 27 heavy (non-hydrogen) atoms. The molecule has 4 nitrogen and oxygen atoms in total. The number of thiocarbonyl (C=S) groups is 1. The van der Waals surface area contributed by atoms with Crippen LogP contribution >= 0.6 is 12.2 Å². The first-order chi connectivity index (χ1) is 13.1. The summed E-state index contributed by atoms with van der Waals surface area (Å²) >= 11 is 5.40. The van der Waals surface area contributed by atoms with Gasteiger partial charge in [-0.1, -0.05) is 12.1 Å². The van der Waals surface area contributed by atoms with Gasteiger partial charge in [-0.05, 0) is 87.3 Å². The van der Waals surface area contributed by atoms with Crippen LogP contribution in [0.3, 0.4) is 0 Å². The summed E-state index contributed by atoms with van der Waals surface area (Å²) in [5.41, 5.74) is 3.49. The molecule has 2 aromatic rings. The molecule has 0 unspecified atom stereocenters. The van der Waals surface area contributed by atoms with Crippen molar-refractivity contribution in [1.82, 2.24) is 5.32 Å². The number of hydrogen-bond acceptors (Lipinski definition) is 3. The van der Waals surface area contributed by atoms with E-state index in [4.69, 9.17) is 17.0 Å². The van der Waals surface area contributed by atoms with Gasteiger partial charge in [0.15, 0.2) is 5.11 Å². The fraction of sp³-hybridized carbons (Fsp3) is 0.409. The molecule has 1 aliphatic heterocycles. The Kier molecular flexibility index (Phi) is 6.93. The van der Waals surface area contributed by atoms with Crippen LogP contribution in [0.15, 0.2) is 48.5 Å². The molecule has 0 radical (unpaired) electrons. The third-order valence-electron chi connectivity index (χ3n) is 4.59. The van der Waals surface area contributed by atoms with Crippen LogP contribution in [0.1, 0.15) is 38.7 Å². The Balaban J connectivity index is 1.45. The van der Waals surface area contributed by atoms with Gasteiger partial charge < -0.3 is 20.3 Å². The van der Waals surface area contributed by atoms with Crippen LogP contribution in [0.5, 0.6) is 5.75 Å². The summed E-state index contributed by atoms with van der Waals surface area (Å²) in [5, 5.41) is 7.10. The van der Waals surface area contributed by atoms with Gasteiger partial charge in [-0.25, -0.2) is 0 Å². The molecule has 5 heteroatoms. The van der Waals surface area contributed by atoms with Crippen molar-refractivity contribution in [3.8, 4) is 5.75 Å². The van der Waals surface area contributed by atoms with E-state index in [-0.39, 0.29) is 6.10 Å². The summed E-state index contributed by atoms with van der Waals surface area (Å²) in [5.74, 6) is 0.864. The maximum absolute atomic E-state index is 5.65. The summed E-state index contributed by atoms with van der Waals surface area (Å²) < 4.78 is 5.65. The lowest BCUT2D eigenvalue weighted by Crippen LogP contribution is -2.29. The van der Waals surface area contributed by atoms with Crippen LogP contribution in [0.25, 0.3) is 0 Å². The molecule has 0 saturated carbocycles. The van der Waals surface area contributed by atoms with E-state index in [1.807, 2.05) is 38.1 Å². The van der Waals surface area contributed by atoms with Gasteiger partial charge in [0.2, 0.25) is 0 Å². The first kappa shape index (κ1) is 19.5. The predicted octanol–water partition coefficient (Wildman–Crippen LogP) is 4.95. The van der Waals surface area contributed by atoms with Crippen molar-refractivity contribution in [2.24, 2.45) is 0 Å². The maximum Gasteiger partial charge on any atom is 0.171 e. The molecule has 1 fully saturated rings. The van der Waals surface area contributed by atoms with Crippen molar-refractivity contribution in [3.05, 3.63) is 54.1 Å². The van der Waals surface area contributed by atoms with Gasteiger partial charge in [0.1, 0.15) is 5.75 Å². The Labute approximate surface area is 167 Å². The lowest BCUT2D eigenvalue weighted by atomic mass is 10.1.